The molecule has 1 atom stereocenters. The molecule has 2 aromatic rings. The molecule has 3 rings (SSSR count). The first-order valence-corrected chi connectivity index (χ1v) is 8.34. The molecular formula is C20H20N2O4. The predicted molar refractivity (Wildman–Crippen MR) is 95.7 cm³/mol. The summed E-state index contributed by atoms with van der Waals surface area (Å²) in [6.07, 6.45) is 0. The molecular weight excluding hydrogens is 332 g/mol. The second-order valence-corrected chi connectivity index (χ2v) is 6.38. The van der Waals surface area contributed by atoms with E-state index in [-0.39, 0.29) is 13.1 Å². The summed E-state index contributed by atoms with van der Waals surface area (Å²) in [4.78, 5) is 36.6. The Balaban J connectivity index is 1.54. The van der Waals surface area contributed by atoms with Crippen molar-refractivity contribution >= 4 is 17.6 Å². The minimum Gasteiger partial charge on any atom is -0.457 e. The number of carbonyl (C=O) groups is 3. The number of rotatable bonds is 5. The number of likely N-dealkylation sites (tertiary alicyclic amines) is 1. The molecule has 0 aliphatic carbocycles. The van der Waals surface area contributed by atoms with Gasteiger partial charge in [-0.2, -0.15) is 0 Å². The topological polar surface area (TPSA) is 75.7 Å². The molecule has 1 aliphatic heterocycles. The van der Waals surface area contributed by atoms with Gasteiger partial charge in [0.25, 0.3) is 5.91 Å². The van der Waals surface area contributed by atoms with Gasteiger partial charge in [-0.25, -0.2) is 0 Å². The highest BCUT2D eigenvalue weighted by molar-refractivity contribution is 6.42. The molecule has 1 unspecified atom stereocenters. The van der Waals surface area contributed by atoms with Crippen molar-refractivity contribution < 1.29 is 19.1 Å². The van der Waals surface area contributed by atoms with E-state index in [9.17, 15) is 14.4 Å². The second-order valence-electron chi connectivity index (χ2n) is 6.38. The zero-order valence-corrected chi connectivity index (χ0v) is 14.7. The quantitative estimate of drug-likeness (QED) is 0.660. The van der Waals surface area contributed by atoms with Crippen LogP contribution in [0.25, 0.3) is 0 Å². The number of ether oxygens (including phenoxy) is 1. The van der Waals surface area contributed by atoms with Crippen LogP contribution in [0.1, 0.15) is 11.1 Å². The van der Waals surface area contributed by atoms with Gasteiger partial charge in [-0.15, -0.1) is 0 Å². The van der Waals surface area contributed by atoms with Crippen LogP contribution in [0.5, 0.6) is 11.5 Å². The Hall–Kier alpha value is -3.15. The van der Waals surface area contributed by atoms with Gasteiger partial charge < -0.3 is 15.0 Å². The van der Waals surface area contributed by atoms with Crippen LogP contribution in [-0.2, 0) is 20.9 Å². The number of nitrogens with one attached hydrogen (secondary N) is 1. The molecule has 1 saturated heterocycles. The molecule has 6 nitrogen and oxygen atoms in total. The van der Waals surface area contributed by atoms with Crippen molar-refractivity contribution in [2.75, 3.05) is 13.6 Å². The van der Waals surface area contributed by atoms with E-state index in [1.54, 1.807) is 0 Å². The number of aryl methyl sites for hydroxylation is 1. The van der Waals surface area contributed by atoms with Crippen LogP contribution in [-0.4, -0.2) is 36.1 Å². The van der Waals surface area contributed by atoms with Crippen LogP contribution in [0, 0.1) is 12.8 Å². The Labute approximate surface area is 151 Å². The summed E-state index contributed by atoms with van der Waals surface area (Å²) in [5.41, 5.74) is 2.04. The number of benzene rings is 2. The third-order valence-electron chi connectivity index (χ3n) is 4.29. The molecule has 1 N–H and O–H groups in total. The first-order valence-electron chi connectivity index (χ1n) is 8.34. The van der Waals surface area contributed by atoms with Gasteiger partial charge in [0, 0.05) is 20.1 Å². The minimum atomic E-state index is -0.920. The van der Waals surface area contributed by atoms with Crippen LogP contribution in [0.15, 0.2) is 48.5 Å². The number of Topliss-reactive ketones (excluding diaryl/α,β-unsaturated/α-hetero) is 1. The molecule has 1 fully saturated rings. The lowest BCUT2D eigenvalue weighted by molar-refractivity contribution is -0.142. The summed E-state index contributed by atoms with van der Waals surface area (Å²) in [6, 6.07) is 15.1. The van der Waals surface area contributed by atoms with Crippen LogP contribution >= 0.6 is 0 Å². The Morgan fingerprint density at radius 3 is 2.19 bits per heavy atom. The Morgan fingerprint density at radius 1 is 1.08 bits per heavy atom. The van der Waals surface area contributed by atoms with Gasteiger partial charge >= 0.3 is 0 Å². The van der Waals surface area contributed by atoms with Crippen molar-refractivity contribution in [1.82, 2.24) is 10.2 Å². The third kappa shape index (κ3) is 3.91. The standard InChI is InChI=1S/C20H20N2O4/c1-13-3-7-15(8-4-13)26-16-9-5-14(6-10-16)11-21-19(24)17-12-22(2)20(25)18(17)23/h3-10,17H,11-12H2,1-2H3,(H,21,24). The van der Waals surface area contributed by atoms with Crippen molar-refractivity contribution in [3.05, 3.63) is 59.7 Å². The van der Waals surface area contributed by atoms with Gasteiger partial charge in [-0.1, -0.05) is 29.8 Å². The number of carbonyl (C=O) groups excluding carboxylic acids is 3. The van der Waals surface area contributed by atoms with Gasteiger partial charge in [0.15, 0.2) is 0 Å². The molecule has 134 valence electrons. The van der Waals surface area contributed by atoms with Crippen LogP contribution in [0.2, 0.25) is 0 Å². The number of likely N-dealkylation sites (N-methyl/N-ethyl adjacent to an activating group) is 1. The first-order chi connectivity index (χ1) is 12.4. The fraction of sp³-hybridized carbons (Fsp3) is 0.250. The van der Waals surface area contributed by atoms with Gasteiger partial charge in [0.2, 0.25) is 11.7 Å². The van der Waals surface area contributed by atoms with E-state index in [4.69, 9.17) is 4.74 Å². The fourth-order valence-corrected chi connectivity index (χ4v) is 2.71. The maximum Gasteiger partial charge on any atom is 0.290 e. The Bertz CT molecular complexity index is 828. The molecule has 26 heavy (non-hydrogen) atoms. The van der Waals surface area contributed by atoms with Crippen molar-refractivity contribution in [2.24, 2.45) is 5.92 Å². The molecule has 2 amide bonds. The van der Waals surface area contributed by atoms with E-state index in [1.165, 1.54) is 11.9 Å². The van der Waals surface area contributed by atoms with Crippen molar-refractivity contribution in [1.29, 1.82) is 0 Å². The van der Waals surface area contributed by atoms with Crippen LogP contribution in [0.4, 0.5) is 0 Å². The minimum absolute atomic E-state index is 0.132. The summed E-state index contributed by atoms with van der Waals surface area (Å²) in [5, 5.41) is 2.71. The molecule has 6 heteroatoms. The van der Waals surface area contributed by atoms with E-state index >= 15 is 0 Å². The number of hydrogen-bond donors (Lipinski definition) is 1. The van der Waals surface area contributed by atoms with E-state index in [2.05, 4.69) is 5.32 Å². The normalized spacial score (nSPS) is 16.7. The van der Waals surface area contributed by atoms with Gasteiger partial charge in [-0.3, -0.25) is 14.4 Å². The molecule has 2 aromatic carbocycles. The van der Waals surface area contributed by atoms with Gasteiger partial charge in [-0.05, 0) is 36.8 Å². The van der Waals surface area contributed by atoms with E-state index in [0.29, 0.717) is 5.75 Å². The first kappa shape index (κ1) is 17.7. The average molecular weight is 352 g/mol. The smallest absolute Gasteiger partial charge is 0.290 e. The molecule has 0 aromatic heterocycles. The van der Waals surface area contributed by atoms with Crippen LogP contribution in [0.3, 0.4) is 0 Å². The van der Waals surface area contributed by atoms with E-state index in [0.717, 1.165) is 16.9 Å². The van der Waals surface area contributed by atoms with E-state index < -0.39 is 23.5 Å². The number of amides is 2. The lowest BCUT2D eigenvalue weighted by Crippen LogP contribution is -2.35. The molecule has 0 spiro atoms. The summed E-state index contributed by atoms with van der Waals surface area (Å²) in [5.74, 6) is -1.15. The lowest BCUT2D eigenvalue weighted by Gasteiger charge is -2.11. The highest BCUT2D eigenvalue weighted by Gasteiger charge is 2.41. The predicted octanol–water partition coefficient (Wildman–Crippen LogP) is 2.06. The summed E-state index contributed by atoms with van der Waals surface area (Å²) in [7, 11) is 1.51. The Morgan fingerprint density at radius 2 is 1.65 bits per heavy atom. The molecule has 0 saturated carbocycles. The maximum atomic E-state index is 12.1. The summed E-state index contributed by atoms with van der Waals surface area (Å²) in [6.45, 7) is 2.43. The summed E-state index contributed by atoms with van der Waals surface area (Å²) < 4.78 is 5.76. The average Bonchev–Trinajstić information content (AvgIpc) is 2.90. The molecule has 1 heterocycles. The van der Waals surface area contributed by atoms with Gasteiger partial charge in [0.05, 0.1) is 0 Å². The van der Waals surface area contributed by atoms with Crippen LogP contribution < -0.4 is 10.1 Å². The number of ketones is 1. The SMILES string of the molecule is Cc1ccc(Oc2ccc(CNC(=O)C3CN(C)C(=O)C3=O)cc2)cc1. The van der Waals surface area contributed by atoms with E-state index in [1.807, 2.05) is 55.5 Å². The second kappa shape index (κ2) is 7.39. The maximum absolute atomic E-state index is 12.1. The highest BCUT2D eigenvalue weighted by Crippen LogP contribution is 2.22. The van der Waals surface area contributed by atoms with Crippen molar-refractivity contribution in [3.8, 4) is 11.5 Å². The number of hydrogen-bond acceptors (Lipinski definition) is 4. The van der Waals surface area contributed by atoms with Crippen molar-refractivity contribution in [3.63, 3.8) is 0 Å². The molecule has 1 aliphatic rings. The lowest BCUT2D eigenvalue weighted by atomic mass is 10.1. The molecule has 0 radical (unpaired) electrons. The summed E-state index contributed by atoms with van der Waals surface area (Å²) >= 11 is 0. The molecule has 0 bridgehead atoms. The van der Waals surface area contributed by atoms with Crippen molar-refractivity contribution in [2.45, 2.75) is 13.5 Å². The zero-order valence-electron chi connectivity index (χ0n) is 14.7. The largest absolute Gasteiger partial charge is 0.457 e. The monoisotopic (exact) mass is 352 g/mol. The zero-order chi connectivity index (χ0) is 18.7. The number of nitrogens with zero attached hydrogens (tertiary/aromatic N) is 1. The third-order valence-corrected chi connectivity index (χ3v) is 4.29. The fourth-order valence-electron chi connectivity index (χ4n) is 2.71. The Kier molecular flexibility index (Phi) is 5.02. The highest BCUT2D eigenvalue weighted by atomic mass is 16.5. The van der Waals surface area contributed by atoms with Gasteiger partial charge in [0.1, 0.15) is 17.4 Å².